The maximum Gasteiger partial charge on any atom is 0.303 e. The Bertz CT molecular complexity index is 847. The molecule has 0 saturated carbocycles. The zero-order chi connectivity index (χ0) is 18.8. The third kappa shape index (κ3) is 5.64. The van der Waals surface area contributed by atoms with Gasteiger partial charge in [-0.1, -0.05) is 42.8 Å². The number of nitriles is 1. The van der Waals surface area contributed by atoms with Crippen LogP contribution < -0.4 is 10.6 Å². The summed E-state index contributed by atoms with van der Waals surface area (Å²) in [5.74, 6) is -1.26. The molecule has 1 amide bonds. The van der Waals surface area contributed by atoms with Crippen LogP contribution in [0.1, 0.15) is 25.7 Å². The van der Waals surface area contributed by atoms with Gasteiger partial charge in [-0.05, 0) is 24.3 Å². The van der Waals surface area contributed by atoms with E-state index in [0.717, 1.165) is 16.5 Å². The number of anilines is 1. The smallest absolute Gasteiger partial charge is 0.303 e. The average Bonchev–Trinajstić information content (AvgIpc) is 2.65. The van der Waals surface area contributed by atoms with Crippen molar-refractivity contribution in [3.63, 3.8) is 0 Å². The third-order valence-electron chi connectivity index (χ3n) is 3.88. The van der Waals surface area contributed by atoms with E-state index in [9.17, 15) is 14.9 Å². The Hall–Kier alpha value is -3.33. The minimum atomic E-state index is -0.816. The van der Waals surface area contributed by atoms with Crippen LogP contribution in [0.4, 0.5) is 5.69 Å². The van der Waals surface area contributed by atoms with E-state index < -0.39 is 11.9 Å². The van der Waals surface area contributed by atoms with Gasteiger partial charge in [0.05, 0.1) is 0 Å². The number of rotatable bonds is 9. The Balaban J connectivity index is 1.90. The summed E-state index contributed by atoms with van der Waals surface area (Å²) in [6.45, 7) is 0.408. The first-order chi connectivity index (χ1) is 12.6. The Labute approximate surface area is 152 Å². The number of benzene rings is 2. The number of fused-ring (bicyclic) bond motifs is 1. The minimum absolute atomic E-state index is 0.0107. The van der Waals surface area contributed by atoms with Crippen molar-refractivity contribution >= 4 is 28.3 Å². The molecule has 6 heteroatoms. The lowest BCUT2D eigenvalue weighted by atomic mass is 10.1. The molecule has 2 aromatic carbocycles. The van der Waals surface area contributed by atoms with Crippen LogP contribution >= 0.6 is 0 Å². The second kappa shape index (κ2) is 9.84. The summed E-state index contributed by atoms with van der Waals surface area (Å²) in [6.07, 6.45) is 3.50. The van der Waals surface area contributed by atoms with Gasteiger partial charge in [0.2, 0.25) is 0 Å². The fraction of sp³-hybridized carbons (Fsp3) is 0.250. The van der Waals surface area contributed by atoms with E-state index in [2.05, 4.69) is 10.6 Å². The van der Waals surface area contributed by atoms with Gasteiger partial charge in [0.15, 0.2) is 0 Å². The van der Waals surface area contributed by atoms with Gasteiger partial charge in [-0.15, -0.1) is 0 Å². The van der Waals surface area contributed by atoms with Crippen LogP contribution in [-0.2, 0) is 9.59 Å². The molecule has 26 heavy (non-hydrogen) atoms. The van der Waals surface area contributed by atoms with Crippen molar-refractivity contribution in [1.29, 1.82) is 5.26 Å². The predicted octanol–water partition coefficient (Wildman–Crippen LogP) is 3.42. The van der Waals surface area contributed by atoms with E-state index in [1.165, 1.54) is 6.20 Å². The van der Waals surface area contributed by atoms with Crippen molar-refractivity contribution in [2.45, 2.75) is 25.7 Å². The number of carboxylic acid groups (broad SMARTS) is 1. The largest absolute Gasteiger partial charge is 0.481 e. The van der Waals surface area contributed by atoms with Gasteiger partial charge in [0, 0.05) is 30.2 Å². The van der Waals surface area contributed by atoms with Crippen LogP contribution in [0, 0.1) is 11.3 Å². The zero-order valence-corrected chi connectivity index (χ0v) is 14.4. The average molecular weight is 351 g/mol. The summed E-state index contributed by atoms with van der Waals surface area (Å²) in [5, 5.41) is 25.5. The highest BCUT2D eigenvalue weighted by Gasteiger charge is 2.08. The molecule has 0 saturated heterocycles. The molecule has 2 aromatic rings. The molecule has 0 spiro atoms. The topological polar surface area (TPSA) is 102 Å². The molecule has 0 atom stereocenters. The van der Waals surface area contributed by atoms with Crippen molar-refractivity contribution in [2.24, 2.45) is 0 Å². The SMILES string of the molecule is N#C/C(=C/Nc1cccc2ccccc12)C(=O)NCCCCCC(=O)O. The summed E-state index contributed by atoms with van der Waals surface area (Å²) in [6, 6.07) is 15.5. The first kappa shape index (κ1) is 19.0. The van der Waals surface area contributed by atoms with Gasteiger partial charge in [0.1, 0.15) is 11.6 Å². The van der Waals surface area contributed by atoms with Gasteiger partial charge in [-0.3, -0.25) is 9.59 Å². The van der Waals surface area contributed by atoms with Crippen LogP contribution in [0.5, 0.6) is 0 Å². The molecule has 6 nitrogen and oxygen atoms in total. The highest BCUT2D eigenvalue weighted by atomic mass is 16.4. The number of unbranched alkanes of at least 4 members (excludes halogenated alkanes) is 2. The van der Waals surface area contributed by atoms with Gasteiger partial charge < -0.3 is 15.7 Å². The van der Waals surface area contributed by atoms with Crippen LogP contribution in [0.15, 0.2) is 54.2 Å². The number of carboxylic acids is 1. The fourth-order valence-electron chi connectivity index (χ4n) is 2.52. The number of carbonyl (C=O) groups excluding carboxylic acids is 1. The Morgan fingerprint density at radius 2 is 1.85 bits per heavy atom. The molecule has 0 unspecified atom stereocenters. The predicted molar refractivity (Wildman–Crippen MR) is 100 cm³/mol. The molecule has 0 aliphatic carbocycles. The van der Waals surface area contributed by atoms with Crippen molar-refractivity contribution in [3.05, 3.63) is 54.2 Å². The molecule has 3 N–H and O–H groups in total. The summed E-state index contributed by atoms with van der Waals surface area (Å²) < 4.78 is 0. The molecular formula is C20H21N3O3. The molecular weight excluding hydrogens is 330 g/mol. The number of aliphatic carboxylic acids is 1. The number of carbonyl (C=O) groups is 2. The van der Waals surface area contributed by atoms with Crippen molar-refractivity contribution in [2.75, 3.05) is 11.9 Å². The quantitative estimate of drug-likeness (QED) is 0.365. The van der Waals surface area contributed by atoms with E-state index in [-0.39, 0.29) is 12.0 Å². The molecule has 0 heterocycles. The lowest BCUT2D eigenvalue weighted by molar-refractivity contribution is -0.137. The maximum atomic E-state index is 12.1. The van der Waals surface area contributed by atoms with Crippen LogP contribution in [0.3, 0.4) is 0 Å². The molecule has 0 aromatic heterocycles. The van der Waals surface area contributed by atoms with E-state index in [0.29, 0.717) is 25.8 Å². The Morgan fingerprint density at radius 3 is 2.62 bits per heavy atom. The molecule has 0 radical (unpaired) electrons. The first-order valence-corrected chi connectivity index (χ1v) is 8.46. The number of hydrogen-bond acceptors (Lipinski definition) is 4. The standard InChI is InChI=1S/C20H21N3O3/c21-13-16(20(26)22-12-5-1-2-11-19(24)25)14-23-18-10-6-8-15-7-3-4-9-17(15)18/h3-4,6-10,14,23H,1-2,5,11-12H2,(H,22,26)(H,24,25)/b16-14-. The molecule has 0 aliphatic heterocycles. The van der Waals surface area contributed by atoms with Crippen molar-refractivity contribution < 1.29 is 14.7 Å². The van der Waals surface area contributed by atoms with Gasteiger partial charge in [-0.25, -0.2) is 0 Å². The van der Waals surface area contributed by atoms with Gasteiger partial charge in [-0.2, -0.15) is 5.26 Å². The number of amides is 1. The second-order valence-corrected chi connectivity index (χ2v) is 5.80. The highest BCUT2D eigenvalue weighted by Crippen LogP contribution is 2.23. The monoisotopic (exact) mass is 351 g/mol. The third-order valence-corrected chi connectivity index (χ3v) is 3.88. The fourth-order valence-corrected chi connectivity index (χ4v) is 2.52. The molecule has 0 bridgehead atoms. The molecule has 0 aliphatic rings. The maximum absolute atomic E-state index is 12.1. The van der Waals surface area contributed by atoms with Crippen LogP contribution in [0.25, 0.3) is 10.8 Å². The van der Waals surface area contributed by atoms with E-state index in [4.69, 9.17) is 5.11 Å². The van der Waals surface area contributed by atoms with E-state index >= 15 is 0 Å². The van der Waals surface area contributed by atoms with Crippen LogP contribution in [-0.4, -0.2) is 23.5 Å². The summed E-state index contributed by atoms with van der Waals surface area (Å²) in [7, 11) is 0. The van der Waals surface area contributed by atoms with Crippen molar-refractivity contribution in [1.82, 2.24) is 5.32 Å². The van der Waals surface area contributed by atoms with E-state index in [1.807, 2.05) is 48.5 Å². The van der Waals surface area contributed by atoms with Gasteiger partial charge >= 0.3 is 5.97 Å². The normalized spacial score (nSPS) is 11.0. The number of nitrogens with one attached hydrogen (secondary N) is 2. The number of nitrogens with zero attached hydrogens (tertiary/aromatic N) is 1. The van der Waals surface area contributed by atoms with Crippen LogP contribution in [0.2, 0.25) is 0 Å². The lowest BCUT2D eigenvalue weighted by Crippen LogP contribution is -2.26. The zero-order valence-electron chi connectivity index (χ0n) is 14.4. The van der Waals surface area contributed by atoms with Crippen molar-refractivity contribution in [3.8, 4) is 6.07 Å². The molecule has 134 valence electrons. The highest BCUT2D eigenvalue weighted by molar-refractivity contribution is 5.98. The Morgan fingerprint density at radius 1 is 1.08 bits per heavy atom. The summed E-state index contributed by atoms with van der Waals surface area (Å²) in [4.78, 5) is 22.5. The Kier molecular flexibility index (Phi) is 7.19. The van der Waals surface area contributed by atoms with E-state index in [1.54, 1.807) is 0 Å². The molecule has 2 rings (SSSR count). The first-order valence-electron chi connectivity index (χ1n) is 8.46. The second-order valence-electron chi connectivity index (χ2n) is 5.80. The lowest BCUT2D eigenvalue weighted by Gasteiger charge is -2.07. The minimum Gasteiger partial charge on any atom is -0.481 e. The molecule has 0 fully saturated rings. The summed E-state index contributed by atoms with van der Waals surface area (Å²) in [5.41, 5.74) is 0.806. The van der Waals surface area contributed by atoms with Gasteiger partial charge in [0.25, 0.3) is 5.91 Å². The number of hydrogen-bond donors (Lipinski definition) is 3. The summed E-state index contributed by atoms with van der Waals surface area (Å²) >= 11 is 0.